The van der Waals surface area contributed by atoms with Crippen LogP contribution >= 0.6 is 0 Å². The van der Waals surface area contributed by atoms with Gasteiger partial charge in [-0.3, -0.25) is 14.4 Å². The number of cyclic esters (lactones) is 1. The highest BCUT2D eigenvalue weighted by Crippen LogP contribution is 2.43. The van der Waals surface area contributed by atoms with Crippen molar-refractivity contribution < 1.29 is 19.1 Å². The predicted molar refractivity (Wildman–Crippen MR) is 111 cm³/mol. The van der Waals surface area contributed by atoms with E-state index in [1.807, 2.05) is 45.0 Å². The zero-order valence-electron chi connectivity index (χ0n) is 17.9. The molecule has 3 rings (SSSR count). The third kappa shape index (κ3) is 4.71. The maximum absolute atomic E-state index is 12.3. The van der Waals surface area contributed by atoms with E-state index in [9.17, 15) is 14.4 Å². The number of hydrogen-bond donors (Lipinski definition) is 1. The third-order valence-corrected chi connectivity index (χ3v) is 6.67. The second-order valence-corrected chi connectivity index (χ2v) is 9.09. The van der Waals surface area contributed by atoms with Crippen molar-refractivity contribution in [2.75, 3.05) is 6.54 Å². The van der Waals surface area contributed by atoms with Crippen molar-refractivity contribution in [2.45, 2.75) is 83.2 Å². The van der Waals surface area contributed by atoms with Crippen molar-refractivity contribution >= 4 is 17.7 Å². The average Bonchev–Trinajstić information content (AvgIpc) is 3.22. The topological polar surface area (TPSA) is 72.5 Å². The van der Waals surface area contributed by atoms with E-state index in [1.165, 1.54) is 0 Å². The zero-order chi connectivity index (χ0) is 21.1. The molecule has 1 heterocycles. The highest BCUT2D eigenvalue weighted by molar-refractivity contribution is 5.98. The number of aryl methyl sites for hydroxylation is 1. The molecule has 2 fully saturated rings. The lowest BCUT2D eigenvalue weighted by atomic mass is 9.76. The van der Waals surface area contributed by atoms with E-state index in [4.69, 9.17) is 4.74 Å². The van der Waals surface area contributed by atoms with Crippen LogP contribution in [-0.2, 0) is 31.0 Å². The van der Waals surface area contributed by atoms with Crippen LogP contribution in [0.25, 0.3) is 0 Å². The third-order valence-electron chi connectivity index (χ3n) is 6.67. The minimum atomic E-state index is -0.637. The SMILES string of the molecule is CCNC(=O)C(C)(C)c1ccc(CCC2(C3CCCC3)CC(=O)CC(=O)O2)cc1. The standard InChI is InChI=1S/C24H33NO4/c1-4-25-22(28)23(2,3)18-11-9-17(10-12-18)13-14-24(19-7-5-6-8-19)16-20(26)15-21(27)29-24/h9-12,19H,4-8,13-16H2,1-3H3,(H,25,28). The highest BCUT2D eigenvalue weighted by atomic mass is 16.6. The first kappa shape index (κ1) is 21.5. The Morgan fingerprint density at radius 3 is 2.41 bits per heavy atom. The molecule has 1 unspecified atom stereocenters. The van der Waals surface area contributed by atoms with Crippen molar-refractivity contribution in [1.82, 2.24) is 5.32 Å². The Hall–Kier alpha value is -2.17. The normalized spacial score (nSPS) is 23.1. The zero-order valence-corrected chi connectivity index (χ0v) is 17.9. The maximum atomic E-state index is 12.3. The average molecular weight is 400 g/mol. The van der Waals surface area contributed by atoms with E-state index in [1.54, 1.807) is 0 Å². The number of ether oxygens (including phenoxy) is 1. The molecule has 0 aromatic heterocycles. The van der Waals surface area contributed by atoms with Crippen LogP contribution < -0.4 is 5.32 Å². The van der Waals surface area contributed by atoms with Gasteiger partial charge in [-0.1, -0.05) is 37.1 Å². The van der Waals surface area contributed by atoms with Crippen LogP contribution in [0, 0.1) is 5.92 Å². The number of amides is 1. The van der Waals surface area contributed by atoms with Crippen molar-refractivity contribution in [3.8, 4) is 0 Å². The molecular formula is C24H33NO4. The van der Waals surface area contributed by atoms with Crippen LogP contribution in [0.3, 0.4) is 0 Å². The molecule has 1 aromatic carbocycles. The summed E-state index contributed by atoms with van der Waals surface area (Å²) in [5, 5.41) is 2.89. The van der Waals surface area contributed by atoms with Crippen LogP contribution in [0.2, 0.25) is 0 Å². The molecule has 1 amide bonds. The number of likely N-dealkylation sites (N-methyl/N-ethyl adjacent to an activating group) is 1. The Kier molecular flexibility index (Phi) is 6.45. The molecule has 29 heavy (non-hydrogen) atoms. The molecule has 1 aliphatic heterocycles. The van der Waals surface area contributed by atoms with Crippen LogP contribution in [0.4, 0.5) is 0 Å². The molecule has 1 aliphatic carbocycles. The van der Waals surface area contributed by atoms with Gasteiger partial charge in [0.15, 0.2) is 0 Å². The molecule has 1 saturated heterocycles. The summed E-state index contributed by atoms with van der Waals surface area (Å²) in [4.78, 5) is 36.6. The minimum absolute atomic E-state index is 0.00665. The number of benzene rings is 1. The van der Waals surface area contributed by atoms with E-state index in [-0.39, 0.29) is 30.0 Å². The van der Waals surface area contributed by atoms with Crippen molar-refractivity contribution in [2.24, 2.45) is 5.92 Å². The molecule has 1 N–H and O–H groups in total. The molecule has 0 radical (unpaired) electrons. The number of rotatable bonds is 7. The highest BCUT2D eigenvalue weighted by Gasteiger charge is 2.47. The van der Waals surface area contributed by atoms with E-state index in [2.05, 4.69) is 5.32 Å². The lowest BCUT2D eigenvalue weighted by Gasteiger charge is -2.41. The van der Waals surface area contributed by atoms with Gasteiger partial charge in [-0.2, -0.15) is 0 Å². The minimum Gasteiger partial charge on any atom is -0.458 e. The fraction of sp³-hybridized carbons (Fsp3) is 0.625. The number of ketones is 1. The van der Waals surface area contributed by atoms with Crippen LogP contribution in [0.15, 0.2) is 24.3 Å². The van der Waals surface area contributed by atoms with Gasteiger partial charge in [0, 0.05) is 13.0 Å². The maximum Gasteiger partial charge on any atom is 0.313 e. The van der Waals surface area contributed by atoms with Gasteiger partial charge in [0.05, 0.1) is 5.41 Å². The lowest BCUT2D eigenvalue weighted by molar-refractivity contribution is -0.178. The summed E-state index contributed by atoms with van der Waals surface area (Å²) >= 11 is 0. The van der Waals surface area contributed by atoms with Gasteiger partial charge in [0.1, 0.15) is 17.8 Å². The van der Waals surface area contributed by atoms with Gasteiger partial charge >= 0.3 is 5.97 Å². The fourth-order valence-corrected chi connectivity index (χ4v) is 4.84. The Labute approximate surface area is 173 Å². The summed E-state index contributed by atoms with van der Waals surface area (Å²) in [5.74, 6) is -0.0634. The molecule has 1 saturated carbocycles. The molecule has 2 aliphatic rings. The second-order valence-electron chi connectivity index (χ2n) is 9.09. The molecule has 1 atom stereocenters. The molecule has 0 bridgehead atoms. The first-order chi connectivity index (χ1) is 13.8. The molecule has 1 aromatic rings. The summed E-state index contributed by atoms with van der Waals surface area (Å²) in [7, 11) is 0. The van der Waals surface area contributed by atoms with E-state index < -0.39 is 11.0 Å². The van der Waals surface area contributed by atoms with Gasteiger partial charge in [0.25, 0.3) is 0 Å². The van der Waals surface area contributed by atoms with Crippen LogP contribution in [0.5, 0.6) is 0 Å². The summed E-state index contributed by atoms with van der Waals surface area (Å²) in [6, 6.07) is 8.10. The van der Waals surface area contributed by atoms with Gasteiger partial charge in [-0.25, -0.2) is 0 Å². The number of nitrogens with one attached hydrogen (secondary N) is 1. The monoisotopic (exact) mass is 399 g/mol. The fourth-order valence-electron chi connectivity index (χ4n) is 4.84. The lowest BCUT2D eigenvalue weighted by Crippen LogP contribution is -2.48. The smallest absolute Gasteiger partial charge is 0.313 e. The molecule has 5 heteroatoms. The Morgan fingerprint density at radius 2 is 1.83 bits per heavy atom. The summed E-state index contributed by atoms with van der Waals surface area (Å²) in [6.07, 6.45) is 6.03. The van der Waals surface area contributed by atoms with Crippen LogP contribution in [-0.4, -0.2) is 29.8 Å². The van der Waals surface area contributed by atoms with E-state index in [0.29, 0.717) is 19.4 Å². The largest absolute Gasteiger partial charge is 0.458 e. The summed E-state index contributed by atoms with van der Waals surface area (Å²) in [5.41, 5.74) is 0.871. The first-order valence-corrected chi connectivity index (χ1v) is 10.9. The Balaban J connectivity index is 1.72. The quantitative estimate of drug-likeness (QED) is 0.558. The van der Waals surface area contributed by atoms with Gasteiger partial charge in [-0.15, -0.1) is 0 Å². The Morgan fingerprint density at radius 1 is 1.17 bits per heavy atom. The number of carbonyl (C=O) groups excluding carboxylic acids is 3. The molecule has 158 valence electrons. The number of Topliss-reactive ketones (excluding diaryl/α,β-unsaturated/α-hetero) is 1. The molecule has 5 nitrogen and oxygen atoms in total. The van der Waals surface area contributed by atoms with Crippen LogP contribution in [0.1, 0.15) is 76.8 Å². The second kappa shape index (κ2) is 8.68. The Bertz CT molecular complexity index is 744. The first-order valence-electron chi connectivity index (χ1n) is 10.9. The number of esters is 1. The van der Waals surface area contributed by atoms with Gasteiger partial charge < -0.3 is 10.1 Å². The van der Waals surface area contributed by atoms with Gasteiger partial charge in [-0.05, 0) is 63.5 Å². The molecular weight excluding hydrogens is 366 g/mol. The summed E-state index contributed by atoms with van der Waals surface area (Å²) < 4.78 is 5.87. The predicted octanol–water partition coefficient (Wildman–Crippen LogP) is 3.87. The van der Waals surface area contributed by atoms with Crippen molar-refractivity contribution in [3.05, 3.63) is 35.4 Å². The number of hydrogen-bond acceptors (Lipinski definition) is 4. The van der Waals surface area contributed by atoms with E-state index >= 15 is 0 Å². The summed E-state index contributed by atoms with van der Waals surface area (Å²) in [6.45, 7) is 6.38. The van der Waals surface area contributed by atoms with Crippen molar-refractivity contribution in [1.29, 1.82) is 0 Å². The van der Waals surface area contributed by atoms with Crippen molar-refractivity contribution in [3.63, 3.8) is 0 Å². The number of carbonyl (C=O) groups is 3. The van der Waals surface area contributed by atoms with E-state index in [0.717, 1.165) is 43.2 Å². The molecule has 0 spiro atoms. The van der Waals surface area contributed by atoms with Gasteiger partial charge in [0.2, 0.25) is 5.91 Å².